The minimum Gasteiger partial charge on any atom is -0.494 e. The number of halogens is 2. The number of carboxylic acid groups (broad SMARTS) is 1. The maximum Gasteiger partial charge on any atom is 0.323 e. The molecular formula is C16H18Cl2N4O3. The van der Waals surface area contributed by atoms with Crippen molar-refractivity contribution in [3.05, 3.63) is 27.9 Å². The Kier molecular flexibility index (Phi) is 6.27. The minimum absolute atomic E-state index is 0.0931. The molecule has 1 heterocycles. The summed E-state index contributed by atoms with van der Waals surface area (Å²) in [7, 11) is 0. The molecule has 0 aliphatic carbocycles. The van der Waals surface area contributed by atoms with Crippen LogP contribution < -0.4 is 9.64 Å². The average Bonchev–Trinajstić information content (AvgIpc) is 2.88. The quantitative estimate of drug-likeness (QED) is 0.603. The number of ether oxygens (including phenoxy) is 1. The van der Waals surface area contributed by atoms with Crippen molar-refractivity contribution in [2.75, 3.05) is 24.6 Å². The molecule has 0 spiro atoms. The van der Waals surface area contributed by atoms with Crippen LogP contribution in [0.2, 0.25) is 10.0 Å². The van der Waals surface area contributed by atoms with Gasteiger partial charge in [0.2, 0.25) is 0 Å². The van der Waals surface area contributed by atoms with Gasteiger partial charge in [0.25, 0.3) is 0 Å². The van der Waals surface area contributed by atoms with E-state index in [4.69, 9.17) is 38.5 Å². The molecule has 1 aromatic heterocycles. The summed E-state index contributed by atoms with van der Waals surface area (Å²) in [5.74, 6) is -0.112. The van der Waals surface area contributed by atoms with Gasteiger partial charge in [-0.2, -0.15) is 5.10 Å². The summed E-state index contributed by atoms with van der Waals surface area (Å²) in [6, 6.07) is 3.31. The molecule has 0 unspecified atom stereocenters. The molecular weight excluding hydrogens is 367 g/mol. The molecule has 2 aromatic rings. The van der Waals surface area contributed by atoms with Crippen LogP contribution in [-0.2, 0) is 4.79 Å². The third-order valence-corrected chi connectivity index (χ3v) is 4.04. The predicted octanol–water partition coefficient (Wildman–Crippen LogP) is 3.63. The number of carboxylic acids is 1. The Morgan fingerprint density at radius 3 is 2.56 bits per heavy atom. The lowest BCUT2D eigenvalue weighted by atomic mass is 10.0. The van der Waals surface area contributed by atoms with Gasteiger partial charge in [-0.25, -0.2) is 0 Å². The van der Waals surface area contributed by atoms with Gasteiger partial charge in [-0.05, 0) is 26.0 Å². The number of anilines is 1. The average molecular weight is 385 g/mol. The van der Waals surface area contributed by atoms with Crippen molar-refractivity contribution < 1.29 is 14.6 Å². The minimum atomic E-state index is -1.03. The Bertz CT molecular complexity index is 769. The summed E-state index contributed by atoms with van der Waals surface area (Å²) in [6.45, 7) is 3.91. The SMILES string of the molecule is CCOc1cc(Cl)c(-c2c(N(CC=N)CC(=O)O)n[nH]c2C)c(Cl)c1. The van der Waals surface area contributed by atoms with E-state index in [0.717, 1.165) is 6.21 Å². The van der Waals surface area contributed by atoms with Crippen LogP contribution >= 0.6 is 23.2 Å². The molecule has 0 amide bonds. The first kappa shape index (κ1) is 19.1. The van der Waals surface area contributed by atoms with E-state index in [1.165, 1.54) is 4.90 Å². The predicted molar refractivity (Wildman–Crippen MR) is 98.6 cm³/mol. The summed E-state index contributed by atoms with van der Waals surface area (Å²) in [4.78, 5) is 12.6. The molecule has 7 nitrogen and oxygen atoms in total. The molecule has 25 heavy (non-hydrogen) atoms. The van der Waals surface area contributed by atoms with Crippen molar-refractivity contribution in [1.82, 2.24) is 10.2 Å². The highest BCUT2D eigenvalue weighted by Gasteiger charge is 2.24. The summed E-state index contributed by atoms with van der Waals surface area (Å²) in [6.07, 6.45) is 1.11. The van der Waals surface area contributed by atoms with Crippen LogP contribution in [0.3, 0.4) is 0 Å². The summed E-state index contributed by atoms with van der Waals surface area (Å²) in [5.41, 5.74) is 1.82. The summed E-state index contributed by atoms with van der Waals surface area (Å²) < 4.78 is 5.43. The molecule has 3 N–H and O–H groups in total. The molecule has 9 heteroatoms. The normalized spacial score (nSPS) is 10.6. The highest BCUT2D eigenvalue weighted by atomic mass is 35.5. The van der Waals surface area contributed by atoms with Gasteiger partial charge in [-0.1, -0.05) is 23.2 Å². The van der Waals surface area contributed by atoms with E-state index >= 15 is 0 Å². The Labute approximate surface area is 155 Å². The highest BCUT2D eigenvalue weighted by molar-refractivity contribution is 6.39. The molecule has 1 aromatic carbocycles. The van der Waals surface area contributed by atoms with Gasteiger partial charge in [-0.3, -0.25) is 9.89 Å². The molecule has 0 radical (unpaired) electrons. The van der Waals surface area contributed by atoms with Crippen molar-refractivity contribution in [3.8, 4) is 16.9 Å². The monoisotopic (exact) mass is 384 g/mol. The number of carbonyl (C=O) groups is 1. The Morgan fingerprint density at radius 2 is 2.04 bits per heavy atom. The fourth-order valence-electron chi connectivity index (χ4n) is 2.48. The fraction of sp³-hybridized carbons (Fsp3) is 0.312. The number of benzene rings is 1. The first-order chi connectivity index (χ1) is 11.9. The number of aryl methyl sites for hydroxylation is 1. The maximum atomic E-state index is 11.1. The van der Waals surface area contributed by atoms with Gasteiger partial charge in [0.15, 0.2) is 5.82 Å². The van der Waals surface area contributed by atoms with Crippen molar-refractivity contribution in [3.63, 3.8) is 0 Å². The third-order valence-electron chi connectivity index (χ3n) is 3.44. The zero-order chi connectivity index (χ0) is 18.6. The van der Waals surface area contributed by atoms with E-state index in [2.05, 4.69) is 10.2 Å². The van der Waals surface area contributed by atoms with Crippen LogP contribution in [0.4, 0.5) is 5.82 Å². The Morgan fingerprint density at radius 1 is 1.40 bits per heavy atom. The second-order valence-corrected chi connectivity index (χ2v) is 6.03. The number of aromatic amines is 1. The fourth-order valence-corrected chi connectivity index (χ4v) is 3.14. The smallest absolute Gasteiger partial charge is 0.323 e. The van der Waals surface area contributed by atoms with E-state index in [9.17, 15) is 4.79 Å². The third kappa shape index (κ3) is 4.24. The molecule has 2 rings (SSSR count). The van der Waals surface area contributed by atoms with Crippen molar-refractivity contribution in [2.45, 2.75) is 13.8 Å². The van der Waals surface area contributed by atoms with E-state index in [-0.39, 0.29) is 13.1 Å². The summed E-state index contributed by atoms with van der Waals surface area (Å²) in [5, 5.41) is 24.2. The molecule has 0 aliphatic rings. The number of aliphatic carboxylic acids is 1. The lowest BCUT2D eigenvalue weighted by Crippen LogP contribution is -2.32. The van der Waals surface area contributed by atoms with Gasteiger partial charge < -0.3 is 20.2 Å². The van der Waals surface area contributed by atoms with E-state index < -0.39 is 5.97 Å². The van der Waals surface area contributed by atoms with Crippen molar-refractivity contribution >= 4 is 41.2 Å². The number of H-pyrrole nitrogens is 1. The Hall–Kier alpha value is -2.25. The summed E-state index contributed by atoms with van der Waals surface area (Å²) >= 11 is 12.8. The van der Waals surface area contributed by atoms with E-state index in [1.54, 1.807) is 19.1 Å². The van der Waals surface area contributed by atoms with Crippen LogP contribution in [0.5, 0.6) is 5.75 Å². The maximum absolute atomic E-state index is 11.1. The molecule has 0 bridgehead atoms. The van der Waals surface area contributed by atoms with Crippen LogP contribution in [-0.4, -0.2) is 47.2 Å². The van der Waals surface area contributed by atoms with Gasteiger partial charge in [0.1, 0.15) is 12.3 Å². The van der Waals surface area contributed by atoms with Crippen LogP contribution in [0.25, 0.3) is 11.1 Å². The second-order valence-electron chi connectivity index (χ2n) is 5.22. The molecule has 0 saturated heterocycles. The number of nitrogens with one attached hydrogen (secondary N) is 2. The topological polar surface area (TPSA) is 102 Å². The zero-order valence-electron chi connectivity index (χ0n) is 13.8. The lowest BCUT2D eigenvalue weighted by molar-refractivity contribution is -0.135. The number of nitrogens with zero attached hydrogens (tertiary/aromatic N) is 2. The number of rotatable bonds is 8. The van der Waals surface area contributed by atoms with Crippen molar-refractivity contribution in [1.29, 1.82) is 5.41 Å². The highest BCUT2D eigenvalue weighted by Crippen LogP contribution is 2.43. The second kappa shape index (κ2) is 8.22. The van der Waals surface area contributed by atoms with E-state index in [0.29, 0.717) is 45.0 Å². The van der Waals surface area contributed by atoms with Gasteiger partial charge in [0, 0.05) is 23.0 Å². The molecule has 0 atom stereocenters. The number of aromatic nitrogens is 2. The standard InChI is InChI=1S/C16H18Cl2N4O3/c1-3-25-10-6-11(17)15(12(18)7-10)14-9(2)20-21-16(14)22(5-4-19)8-13(23)24/h4,6-7,19H,3,5,8H2,1-2H3,(H,20,21)(H,23,24). The van der Waals surface area contributed by atoms with Crippen LogP contribution in [0, 0.1) is 12.3 Å². The first-order valence-electron chi connectivity index (χ1n) is 7.51. The lowest BCUT2D eigenvalue weighted by Gasteiger charge is -2.20. The van der Waals surface area contributed by atoms with Gasteiger partial charge >= 0.3 is 5.97 Å². The molecule has 134 valence electrons. The molecule has 0 saturated carbocycles. The number of hydrogen-bond acceptors (Lipinski definition) is 5. The first-order valence-corrected chi connectivity index (χ1v) is 8.27. The Balaban J connectivity index is 2.58. The van der Waals surface area contributed by atoms with E-state index in [1.807, 2.05) is 6.92 Å². The largest absolute Gasteiger partial charge is 0.494 e. The zero-order valence-corrected chi connectivity index (χ0v) is 15.3. The van der Waals surface area contributed by atoms with Crippen molar-refractivity contribution in [2.24, 2.45) is 0 Å². The molecule has 0 aliphatic heterocycles. The molecule has 0 fully saturated rings. The van der Waals surface area contributed by atoms with Gasteiger partial charge in [-0.15, -0.1) is 0 Å². The number of hydrogen-bond donors (Lipinski definition) is 3. The van der Waals surface area contributed by atoms with Crippen LogP contribution in [0.15, 0.2) is 12.1 Å². The van der Waals surface area contributed by atoms with Gasteiger partial charge in [0.05, 0.1) is 23.2 Å². The van der Waals surface area contributed by atoms with Crippen LogP contribution in [0.1, 0.15) is 12.6 Å².